The van der Waals surface area contributed by atoms with Gasteiger partial charge in [0.15, 0.2) is 0 Å². The first-order chi connectivity index (χ1) is 7.62. The molecule has 1 heterocycles. The predicted octanol–water partition coefficient (Wildman–Crippen LogP) is 2.81. The van der Waals surface area contributed by atoms with Crippen molar-refractivity contribution in [1.82, 2.24) is 10.2 Å². The number of hydrogen-bond donors (Lipinski definition) is 1. The molecule has 1 N–H and O–H groups in total. The van der Waals surface area contributed by atoms with Gasteiger partial charge in [0.1, 0.15) is 0 Å². The highest BCUT2D eigenvalue weighted by Gasteiger charge is 2.41. The van der Waals surface area contributed by atoms with Crippen molar-refractivity contribution in [3.63, 3.8) is 0 Å². The summed E-state index contributed by atoms with van der Waals surface area (Å²) in [6, 6.07) is 0.417. The van der Waals surface area contributed by atoms with Gasteiger partial charge in [-0.25, -0.2) is 0 Å². The Hall–Kier alpha value is -0.340. The Bertz CT molecular complexity index is 225. The van der Waals surface area contributed by atoms with Crippen LogP contribution in [0.3, 0.4) is 0 Å². The first kappa shape index (κ1) is 13.7. The maximum absolute atomic E-state index is 4.17. The van der Waals surface area contributed by atoms with Crippen LogP contribution in [0.1, 0.15) is 46.5 Å². The third-order valence-electron chi connectivity index (χ3n) is 4.28. The Balaban J connectivity index is 2.96. The first-order valence-electron chi connectivity index (χ1n) is 6.70. The number of rotatable bonds is 6. The largest absolute Gasteiger partial charge is 0.312 e. The van der Waals surface area contributed by atoms with Crippen LogP contribution in [-0.4, -0.2) is 36.6 Å². The molecule has 0 spiro atoms. The van der Waals surface area contributed by atoms with Gasteiger partial charge in [0.2, 0.25) is 0 Å². The average Bonchev–Trinajstić information content (AvgIpc) is 2.79. The molecule has 16 heavy (non-hydrogen) atoms. The maximum atomic E-state index is 4.17. The number of nitrogens with zero attached hydrogens (tertiary/aromatic N) is 1. The summed E-state index contributed by atoms with van der Waals surface area (Å²) in [6.07, 6.45) is 5.10. The second-order valence-electron chi connectivity index (χ2n) is 5.07. The molecule has 1 atom stereocenters. The van der Waals surface area contributed by atoms with Crippen LogP contribution >= 0.6 is 0 Å². The van der Waals surface area contributed by atoms with Crippen LogP contribution in [0.15, 0.2) is 12.2 Å². The van der Waals surface area contributed by atoms with Crippen LogP contribution in [0, 0.1) is 0 Å². The van der Waals surface area contributed by atoms with Crippen molar-refractivity contribution in [2.24, 2.45) is 0 Å². The summed E-state index contributed by atoms with van der Waals surface area (Å²) in [7, 11) is 2.06. The highest BCUT2D eigenvalue weighted by molar-refractivity contribution is 5.14. The van der Waals surface area contributed by atoms with Gasteiger partial charge in [-0.1, -0.05) is 26.0 Å². The SMILES string of the molecule is C=C(C)C(NC)C(CC)(CC)N1CCCC1. The zero-order valence-electron chi connectivity index (χ0n) is 11.5. The summed E-state index contributed by atoms with van der Waals surface area (Å²) in [5.41, 5.74) is 1.54. The molecule has 2 nitrogen and oxygen atoms in total. The van der Waals surface area contributed by atoms with E-state index in [2.05, 4.69) is 44.6 Å². The van der Waals surface area contributed by atoms with Gasteiger partial charge >= 0.3 is 0 Å². The number of likely N-dealkylation sites (N-methyl/N-ethyl adjacent to an activating group) is 1. The molecular formula is C14H28N2. The summed E-state index contributed by atoms with van der Waals surface area (Å²) in [5.74, 6) is 0. The fraction of sp³-hybridized carbons (Fsp3) is 0.857. The monoisotopic (exact) mass is 224 g/mol. The van der Waals surface area contributed by atoms with Gasteiger partial charge in [-0.05, 0) is 52.7 Å². The van der Waals surface area contributed by atoms with Crippen LogP contribution in [0.25, 0.3) is 0 Å². The van der Waals surface area contributed by atoms with E-state index in [4.69, 9.17) is 0 Å². The van der Waals surface area contributed by atoms with Gasteiger partial charge in [-0.15, -0.1) is 0 Å². The second kappa shape index (κ2) is 5.83. The summed E-state index contributed by atoms with van der Waals surface area (Å²) in [5, 5.41) is 3.48. The van der Waals surface area contributed by atoms with E-state index in [-0.39, 0.29) is 5.54 Å². The van der Waals surface area contributed by atoms with Crippen molar-refractivity contribution in [2.75, 3.05) is 20.1 Å². The molecule has 0 aromatic rings. The quantitative estimate of drug-likeness (QED) is 0.698. The lowest BCUT2D eigenvalue weighted by Gasteiger charge is -2.47. The first-order valence-corrected chi connectivity index (χ1v) is 6.70. The molecule has 1 rings (SSSR count). The van der Waals surface area contributed by atoms with Gasteiger partial charge in [0.05, 0.1) is 0 Å². The molecule has 1 aliphatic rings. The lowest BCUT2D eigenvalue weighted by molar-refractivity contribution is 0.0779. The highest BCUT2D eigenvalue weighted by Crippen LogP contribution is 2.33. The Labute approximate surface area is 101 Å². The van der Waals surface area contributed by atoms with Gasteiger partial charge in [0, 0.05) is 11.6 Å². The summed E-state index contributed by atoms with van der Waals surface area (Å²) >= 11 is 0. The molecule has 1 fully saturated rings. The highest BCUT2D eigenvalue weighted by atomic mass is 15.2. The molecule has 0 radical (unpaired) electrons. The molecule has 0 amide bonds. The van der Waals surface area contributed by atoms with Crippen molar-refractivity contribution in [3.05, 3.63) is 12.2 Å². The minimum atomic E-state index is 0.275. The molecule has 0 aromatic carbocycles. The zero-order chi connectivity index (χ0) is 12.2. The van der Waals surface area contributed by atoms with Gasteiger partial charge in [-0.3, -0.25) is 4.90 Å². The molecule has 0 bridgehead atoms. The van der Waals surface area contributed by atoms with Gasteiger partial charge in [0.25, 0.3) is 0 Å². The summed E-state index contributed by atoms with van der Waals surface area (Å²) in [6.45, 7) is 13.5. The Morgan fingerprint density at radius 3 is 2.12 bits per heavy atom. The van der Waals surface area contributed by atoms with Crippen molar-refractivity contribution in [3.8, 4) is 0 Å². The summed E-state index contributed by atoms with van der Waals surface area (Å²) in [4.78, 5) is 2.68. The van der Waals surface area contributed by atoms with Crippen molar-refractivity contribution in [1.29, 1.82) is 0 Å². The minimum Gasteiger partial charge on any atom is -0.312 e. The molecule has 0 aliphatic carbocycles. The standard InChI is InChI=1S/C14H28N2/c1-6-14(7-2,13(15-5)12(3)4)16-10-8-9-11-16/h13,15H,3,6-11H2,1-2,4-5H3. The van der Waals surface area contributed by atoms with E-state index >= 15 is 0 Å². The lowest BCUT2D eigenvalue weighted by atomic mass is 9.80. The normalized spacial score (nSPS) is 20.0. The molecule has 2 heteroatoms. The molecule has 1 aliphatic heterocycles. The minimum absolute atomic E-state index is 0.275. The van der Waals surface area contributed by atoms with Crippen LogP contribution in [0.2, 0.25) is 0 Å². The van der Waals surface area contributed by atoms with Crippen LogP contribution in [0.5, 0.6) is 0 Å². The molecule has 94 valence electrons. The Morgan fingerprint density at radius 2 is 1.81 bits per heavy atom. The fourth-order valence-corrected chi connectivity index (χ4v) is 3.42. The average molecular weight is 224 g/mol. The van der Waals surface area contributed by atoms with Crippen LogP contribution in [0.4, 0.5) is 0 Å². The van der Waals surface area contributed by atoms with E-state index in [9.17, 15) is 0 Å². The second-order valence-corrected chi connectivity index (χ2v) is 5.07. The van der Waals surface area contributed by atoms with E-state index in [0.29, 0.717) is 6.04 Å². The number of likely N-dealkylation sites (tertiary alicyclic amines) is 1. The molecule has 0 saturated carbocycles. The molecule has 0 aromatic heterocycles. The van der Waals surface area contributed by atoms with E-state index in [1.807, 2.05) is 0 Å². The van der Waals surface area contributed by atoms with Gasteiger partial charge in [-0.2, -0.15) is 0 Å². The van der Waals surface area contributed by atoms with Crippen molar-refractivity contribution < 1.29 is 0 Å². The van der Waals surface area contributed by atoms with E-state index in [1.165, 1.54) is 44.3 Å². The molecule has 1 unspecified atom stereocenters. The third kappa shape index (κ3) is 2.33. The predicted molar refractivity (Wildman–Crippen MR) is 71.8 cm³/mol. The van der Waals surface area contributed by atoms with Crippen molar-refractivity contribution in [2.45, 2.75) is 58.0 Å². The van der Waals surface area contributed by atoms with Crippen LogP contribution < -0.4 is 5.32 Å². The Morgan fingerprint density at radius 1 is 1.31 bits per heavy atom. The topological polar surface area (TPSA) is 15.3 Å². The van der Waals surface area contributed by atoms with E-state index < -0.39 is 0 Å². The zero-order valence-corrected chi connectivity index (χ0v) is 11.5. The number of hydrogen-bond acceptors (Lipinski definition) is 2. The van der Waals surface area contributed by atoms with Gasteiger partial charge < -0.3 is 5.32 Å². The van der Waals surface area contributed by atoms with E-state index in [0.717, 1.165) is 0 Å². The fourth-order valence-electron chi connectivity index (χ4n) is 3.42. The van der Waals surface area contributed by atoms with E-state index in [1.54, 1.807) is 0 Å². The maximum Gasteiger partial charge on any atom is 0.0458 e. The lowest BCUT2D eigenvalue weighted by Crippen LogP contribution is -2.59. The van der Waals surface area contributed by atoms with Crippen molar-refractivity contribution >= 4 is 0 Å². The molecule has 1 saturated heterocycles. The smallest absolute Gasteiger partial charge is 0.0458 e. The Kier molecular flexibility index (Phi) is 5.00. The number of nitrogens with one attached hydrogen (secondary N) is 1. The third-order valence-corrected chi connectivity index (χ3v) is 4.28. The van der Waals surface area contributed by atoms with Crippen LogP contribution in [-0.2, 0) is 0 Å². The summed E-state index contributed by atoms with van der Waals surface area (Å²) < 4.78 is 0. The molecular weight excluding hydrogens is 196 g/mol.